The molecule has 7 heteroatoms. The van der Waals surface area contributed by atoms with Crippen LogP contribution in [-0.2, 0) is 9.53 Å². The first-order chi connectivity index (χ1) is 10.1. The number of hydrogen-bond acceptors (Lipinski definition) is 5. The van der Waals surface area contributed by atoms with Crippen LogP contribution in [0, 0.1) is 0 Å². The van der Waals surface area contributed by atoms with Crippen molar-refractivity contribution in [3.05, 3.63) is 29.8 Å². The number of hydrogen-bond donors (Lipinski definition) is 3. The van der Waals surface area contributed by atoms with Gasteiger partial charge in [-0.2, -0.15) is 0 Å². The van der Waals surface area contributed by atoms with Gasteiger partial charge in [-0.15, -0.1) is 0 Å². The van der Waals surface area contributed by atoms with E-state index in [1.165, 1.54) is 0 Å². The summed E-state index contributed by atoms with van der Waals surface area (Å²) in [6, 6.07) is 6.65. The number of ether oxygens (including phenoxy) is 2. The summed E-state index contributed by atoms with van der Waals surface area (Å²) in [7, 11) is 0. The van der Waals surface area contributed by atoms with Crippen LogP contribution in [0.5, 0.6) is 5.75 Å². The lowest BCUT2D eigenvalue weighted by Gasteiger charge is -2.15. The van der Waals surface area contributed by atoms with E-state index in [1.54, 1.807) is 24.3 Å². The van der Waals surface area contributed by atoms with Gasteiger partial charge in [-0.1, -0.05) is 17.3 Å². The summed E-state index contributed by atoms with van der Waals surface area (Å²) in [5, 5.41) is 14.4. The molecule has 0 saturated carbocycles. The average molecular weight is 295 g/mol. The van der Waals surface area contributed by atoms with Gasteiger partial charge in [0.05, 0.1) is 12.2 Å². The number of carbonyl (C=O) groups is 1. The fourth-order valence-electron chi connectivity index (χ4n) is 1.65. The zero-order valence-corrected chi connectivity index (χ0v) is 12.2. The van der Waals surface area contributed by atoms with Crippen molar-refractivity contribution in [2.24, 2.45) is 10.9 Å². The van der Waals surface area contributed by atoms with Gasteiger partial charge in [-0.25, -0.2) is 0 Å². The molecule has 21 heavy (non-hydrogen) atoms. The molecule has 0 bridgehead atoms. The third-order valence-electron chi connectivity index (χ3n) is 2.61. The highest BCUT2D eigenvalue weighted by Gasteiger charge is 2.11. The Kier molecular flexibility index (Phi) is 7.03. The Morgan fingerprint density at radius 3 is 2.86 bits per heavy atom. The van der Waals surface area contributed by atoms with Crippen molar-refractivity contribution in [1.82, 2.24) is 5.32 Å². The van der Waals surface area contributed by atoms with Crippen LogP contribution in [0.2, 0.25) is 0 Å². The molecule has 1 aromatic rings. The molecule has 1 unspecified atom stereocenters. The second-order valence-electron chi connectivity index (χ2n) is 4.40. The lowest BCUT2D eigenvalue weighted by atomic mass is 10.2. The van der Waals surface area contributed by atoms with Crippen LogP contribution in [0.15, 0.2) is 29.4 Å². The number of carbonyl (C=O) groups excluding carboxylic acids is 1. The van der Waals surface area contributed by atoms with Crippen LogP contribution < -0.4 is 15.8 Å². The molecule has 1 rings (SSSR count). The van der Waals surface area contributed by atoms with Crippen molar-refractivity contribution in [2.45, 2.75) is 19.9 Å². The molecule has 1 atom stereocenters. The van der Waals surface area contributed by atoms with Gasteiger partial charge in [-0.3, -0.25) is 4.79 Å². The van der Waals surface area contributed by atoms with E-state index in [-0.39, 0.29) is 24.4 Å². The Balaban J connectivity index is 2.54. The second-order valence-corrected chi connectivity index (χ2v) is 4.40. The maximum Gasteiger partial charge on any atom is 0.258 e. The molecular weight excluding hydrogens is 274 g/mol. The molecule has 1 aromatic carbocycles. The minimum atomic E-state index is -0.267. The number of nitrogens with zero attached hydrogens (tertiary/aromatic N) is 1. The standard InChI is InChI=1S/C14H21N3O4/c1-3-20-8-10(2)16-13(18)9-21-12-7-5-4-6-11(12)14(15)17-19/h4-7,10,19H,3,8-9H2,1-2H3,(H2,15,17)(H,16,18). The summed E-state index contributed by atoms with van der Waals surface area (Å²) in [4.78, 5) is 11.7. The monoisotopic (exact) mass is 295 g/mol. The topological polar surface area (TPSA) is 106 Å². The summed E-state index contributed by atoms with van der Waals surface area (Å²) >= 11 is 0. The van der Waals surface area contributed by atoms with Gasteiger partial charge in [0.15, 0.2) is 12.4 Å². The van der Waals surface area contributed by atoms with Crippen molar-refractivity contribution in [2.75, 3.05) is 19.8 Å². The molecule has 0 aliphatic heterocycles. The lowest BCUT2D eigenvalue weighted by molar-refractivity contribution is -0.124. The molecular formula is C14H21N3O4. The molecule has 1 amide bonds. The predicted molar refractivity (Wildman–Crippen MR) is 78.5 cm³/mol. The van der Waals surface area contributed by atoms with Crippen LogP contribution in [0.25, 0.3) is 0 Å². The van der Waals surface area contributed by atoms with Gasteiger partial charge < -0.3 is 25.7 Å². The first-order valence-corrected chi connectivity index (χ1v) is 6.65. The average Bonchev–Trinajstić information content (AvgIpc) is 2.50. The van der Waals surface area contributed by atoms with Gasteiger partial charge in [-0.05, 0) is 26.0 Å². The molecule has 0 aromatic heterocycles. The van der Waals surface area contributed by atoms with Crippen molar-refractivity contribution in [1.29, 1.82) is 0 Å². The lowest BCUT2D eigenvalue weighted by Crippen LogP contribution is -2.38. The molecule has 4 N–H and O–H groups in total. The van der Waals surface area contributed by atoms with Gasteiger partial charge >= 0.3 is 0 Å². The van der Waals surface area contributed by atoms with Crippen LogP contribution in [0.1, 0.15) is 19.4 Å². The quantitative estimate of drug-likeness (QED) is 0.283. The highest BCUT2D eigenvalue weighted by Crippen LogP contribution is 2.17. The van der Waals surface area contributed by atoms with E-state index in [2.05, 4.69) is 10.5 Å². The Hall–Kier alpha value is -2.28. The summed E-state index contributed by atoms with van der Waals surface area (Å²) in [6.45, 7) is 4.62. The zero-order chi connectivity index (χ0) is 15.7. The molecule has 7 nitrogen and oxygen atoms in total. The van der Waals surface area contributed by atoms with E-state index in [9.17, 15) is 4.79 Å². The number of oxime groups is 1. The zero-order valence-electron chi connectivity index (χ0n) is 12.2. The van der Waals surface area contributed by atoms with E-state index in [0.29, 0.717) is 24.5 Å². The highest BCUT2D eigenvalue weighted by atomic mass is 16.5. The number of amides is 1. The number of para-hydroxylation sites is 1. The number of benzene rings is 1. The van der Waals surface area contributed by atoms with E-state index in [1.807, 2.05) is 13.8 Å². The maximum absolute atomic E-state index is 11.7. The Labute approximate surface area is 123 Å². The summed E-state index contributed by atoms with van der Waals surface area (Å²) in [5.74, 6) is 0.0349. The van der Waals surface area contributed by atoms with Crippen molar-refractivity contribution in [3.63, 3.8) is 0 Å². The fourth-order valence-corrected chi connectivity index (χ4v) is 1.65. The van der Waals surface area contributed by atoms with Gasteiger partial charge in [0.25, 0.3) is 5.91 Å². The first-order valence-electron chi connectivity index (χ1n) is 6.65. The molecule has 0 saturated heterocycles. The SMILES string of the molecule is CCOCC(C)NC(=O)COc1ccccc1C(N)=NO. The van der Waals surface area contributed by atoms with E-state index in [0.717, 1.165) is 0 Å². The molecule has 0 radical (unpaired) electrons. The number of amidine groups is 1. The summed E-state index contributed by atoms with van der Waals surface area (Å²) in [6.07, 6.45) is 0. The van der Waals surface area contributed by atoms with Crippen LogP contribution in [0.4, 0.5) is 0 Å². The van der Waals surface area contributed by atoms with Crippen LogP contribution in [-0.4, -0.2) is 42.8 Å². The molecule has 0 heterocycles. The predicted octanol–water partition coefficient (Wildman–Crippen LogP) is 0.701. The minimum Gasteiger partial charge on any atom is -0.483 e. The van der Waals surface area contributed by atoms with Crippen LogP contribution >= 0.6 is 0 Å². The third kappa shape index (κ3) is 5.70. The number of nitrogens with one attached hydrogen (secondary N) is 1. The van der Waals surface area contributed by atoms with Crippen molar-refractivity contribution >= 4 is 11.7 Å². The largest absolute Gasteiger partial charge is 0.483 e. The first kappa shape index (κ1) is 16.8. The molecule has 0 aliphatic rings. The Bertz CT molecular complexity index is 491. The molecule has 116 valence electrons. The van der Waals surface area contributed by atoms with Gasteiger partial charge in [0.1, 0.15) is 5.75 Å². The molecule has 0 fully saturated rings. The highest BCUT2D eigenvalue weighted by molar-refractivity contribution is 5.99. The minimum absolute atomic E-state index is 0.0734. The second kappa shape index (κ2) is 8.80. The van der Waals surface area contributed by atoms with Crippen molar-refractivity contribution in [3.8, 4) is 5.75 Å². The number of rotatable bonds is 8. The van der Waals surface area contributed by atoms with Crippen molar-refractivity contribution < 1.29 is 19.5 Å². The van der Waals surface area contributed by atoms with E-state index >= 15 is 0 Å². The van der Waals surface area contributed by atoms with Gasteiger partial charge in [0.2, 0.25) is 0 Å². The molecule has 0 aliphatic carbocycles. The smallest absolute Gasteiger partial charge is 0.258 e. The third-order valence-corrected chi connectivity index (χ3v) is 2.61. The normalized spacial score (nSPS) is 12.8. The summed E-state index contributed by atoms with van der Waals surface area (Å²) in [5.41, 5.74) is 5.97. The fraction of sp³-hybridized carbons (Fsp3) is 0.429. The van der Waals surface area contributed by atoms with E-state index in [4.69, 9.17) is 20.4 Å². The Morgan fingerprint density at radius 2 is 2.19 bits per heavy atom. The Morgan fingerprint density at radius 1 is 1.48 bits per heavy atom. The van der Waals surface area contributed by atoms with Crippen LogP contribution in [0.3, 0.4) is 0 Å². The number of nitrogens with two attached hydrogens (primary N) is 1. The van der Waals surface area contributed by atoms with E-state index < -0.39 is 0 Å². The molecule has 0 spiro atoms. The summed E-state index contributed by atoms with van der Waals surface area (Å²) < 4.78 is 10.6. The maximum atomic E-state index is 11.7. The van der Waals surface area contributed by atoms with Gasteiger partial charge in [0, 0.05) is 12.6 Å².